The monoisotopic (exact) mass is 407 g/mol. The number of methoxy groups -OCH3 is 2. The molecule has 1 saturated heterocycles. The first-order valence-electron chi connectivity index (χ1n) is 16.7. The van der Waals surface area contributed by atoms with Gasteiger partial charge in [0.05, 0.1) is 27.8 Å². The van der Waals surface area contributed by atoms with E-state index in [0.717, 1.165) is 6.07 Å². The van der Waals surface area contributed by atoms with Gasteiger partial charge in [0, 0.05) is 50.4 Å². The van der Waals surface area contributed by atoms with Crippen molar-refractivity contribution in [2.45, 2.75) is 25.3 Å². The van der Waals surface area contributed by atoms with Crippen molar-refractivity contribution in [3.05, 3.63) is 12.1 Å². The molecule has 1 unspecified atom stereocenters. The minimum atomic E-state index is -4.07. The topological polar surface area (TPSA) is 112 Å². The molecule has 0 aliphatic carbocycles. The number of nitrogens with one attached hydrogen (secondary N) is 1. The van der Waals surface area contributed by atoms with E-state index in [2.05, 4.69) is 9.97 Å². The van der Waals surface area contributed by atoms with E-state index in [1.807, 2.05) is 0 Å². The van der Waals surface area contributed by atoms with E-state index in [1.165, 1.54) is 0 Å². The Morgan fingerprint density at radius 3 is 3.07 bits per heavy atom. The number of carbonyl (C=O) groups excluding carboxylic acids is 1. The number of benzene rings is 1. The Balaban J connectivity index is 2.28. The molecule has 28 heavy (non-hydrogen) atoms. The SMILES string of the molecule is [2H]N([2H])c1nc(N(C([2H])([2H])[2H])C([2H])([2H])C([2H])([2H])C([2H])([2H])N([2H])C(=O)C2CCCO2)nc2cc(OC([2H])([2H])[2H])c(OC([2H])([2H])[2H])cc12. The van der Waals surface area contributed by atoms with Crippen LogP contribution >= 0.6 is 0 Å². The fourth-order valence-corrected chi connectivity index (χ4v) is 2.43. The largest absolute Gasteiger partial charge is 0.493 e. The van der Waals surface area contributed by atoms with Gasteiger partial charge in [0.25, 0.3) is 0 Å². The van der Waals surface area contributed by atoms with Gasteiger partial charge in [-0.1, -0.05) is 0 Å². The summed E-state index contributed by atoms with van der Waals surface area (Å²) in [6.45, 7) is -11.6. The van der Waals surface area contributed by atoms with Crippen LogP contribution in [-0.4, -0.2) is 62.6 Å². The third-order valence-electron chi connectivity index (χ3n) is 3.74. The molecule has 0 radical (unpaired) electrons. The Labute approximate surface area is 189 Å². The number of rotatable bonds is 9. The maximum Gasteiger partial charge on any atom is 0.249 e. The summed E-state index contributed by atoms with van der Waals surface area (Å²) >= 11 is 0. The molecule has 2 heterocycles. The number of ether oxygens (including phenoxy) is 3. The highest BCUT2D eigenvalue weighted by Crippen LogP contribution is 2.33. The number of hydrogen-bond donors (Lipinski definition) is 2. The lowest BCUT2D eigenvalue weighted by molar-refractivity contribution is -0.130. The zero-order chi connectivity index (χ0) is 35.4. The molecule has 1 fully saturated rings. The number of hydrogen-bond acceptors (Lipinski definition) is 8. The van der Waals surface area contributed by atoms with Gasteiger partial charge in [0.15, 0.2) is 15.7 Å². The molecule has 1 atom stereocenters. The normalized spacial score (nSPS) is 28.4. The van der Waals surface area contributed by atoms with Crippen molar-refractivity contribution in [3.63, 3.8) is 0 Å². The Hall–Kier alpha value is -2.81. The molecule has 9 nitrogen and oxygen atoms in total. The summed E-state index contributed by atoms with van der Waals surface area (Å²) in [7, 11) is -6.37. The Kier molecular flexibility index (Phi) is 2.30. The molecule has 9 heteroatoms. The van der Waals surface area contributed by atoms with Crippen molar-refractivity contribution in [1.82, 2.24) is 15.3 Å². The van der Waals surface area contributed by atoms with Gasteiger partial charge in [-0.15, -0.1) is 0 Å². The van der Waals surface area contributed by atoms with E-state index in [1.54, 1.807) is 0 Å². The van der Waals surface area contributed by atoms with Gasteiger partial charge >= 0.3 is 0 Å². The smallest absolute Gasteiger partial charge is 0.249 e. The Morgan fingerprint density at radius 2 is 2.36 bits per heavy atom. The van der Waals surface area contributed by atoms with Crippen LogP contribution in [0, 0.1) is 0 Å². The highest BCUT2D eigenvalue weighted by atomic mass is 16.5. The zero-order valence-corrected chi connectivity index (χ0v) is 14.2. The number of nitrogen functional groups attached to an aromatic ring is 1. The van der Waals surface area contributed by atoms with Gasteiger partial charge in [-0.2, -0.15) is 4.98 Å². The molecule has 0 bridgehead atoms. The Bertz CT molecular complexity index is 1440. The molecule has 2 aromatic rings. The van der Waals surface area contributed by atoms with E-state index in [4.69, 9.17) is 39.0 Å². The molecule has 1 aliphatic rings. The van der Waals surface area contributed by atoms with Crippen LogP contribution in [0.4, 0.5) is 11.8 Å². The van der Waals surface area contributed by atoms with Gasteiger partial charge in [0.2, 0.25) is 11.9 Å². The van der Waals surface area contributed by atoms with Crippen molar-refractivity contribution < 1.29 is 43.8 Å². The Morgan fingerprint density at radius 1 is 1.50 bits per heavy atom. The molecule has 3 rings (SSSR count). The fourth-order valence-electron chi connectivity index (χ4n) is 2.43. The van der Waals surface area contributed by atoms with E-state index in [-0.39, 0.29) is 18.7 Å². The van der Waals surface area contributed by atoms with Gasteiger partial charge < -0.3 is 30.1 Å². The summed E-state index contributed by atoms with van der Waals surface area (Å²) in [5.74, 6) is -5.07. The van der Waals surface area contributed by atoms with Crippen LogP contribution in [0.1, 0.15) is 39.8 Å². The minimum Gasteiger partial charge on any atom is -0.493 e. The van der Waals surface area contributed by atoms with Crippen molar-refractivity contribution in [2.24, 2.45) is 0 Å². The maximum absolute atomic E-state index is 12.7. The van der Waals surface area contributed by atoms with Crippen molar-refractivity contribution in [3.8, 4) is 11.5 Å². The number of anilines is 2. The van der Waals surface area contributed by atoms with Crippen molar-refractivity contribution >= 4 is 28.6 Å². The first kappa shape index (κ1) is 7.22. The lowest BCUT2D eigenvalue weighted by Gasteiger charge is -2.19. The first-order chi connectivity index (χ1) is 20.6. The molecular formula is C19H27N5O4. The quantitative estimate of drug-likeness (QED) is 0.641. The third kappa shape index (κ3) is 4.36. The number of amides is 1. The first-order valence-corrected chi connectivity index (χ1v) is 7.88. The van der Waals surface area contributed by atoms with Crippen LogP contribution in [0.2, 0.25) is 4.24 Å². The number of nitrogens with two attached hydrogens (primary N) is 1. The number of nitrogens with zero attached hydrogens (tertiary/aromatic N) is 3. The van der Waals surface area contributed by atoms with E-state index >= 15 is 0 Å². The maximum atomic E-state index is 12.7. The average molecular weight is 408 g/mol. The van der Waals surface area contributed by atoms with Gasteiger partial charge in [0.1, 0.15) is 11.9 Å². The molecule has 3 N–H and O–H groups in total. The molecule has 152 valence electrons. The van der Waals surface area contributed by atoms with E-state index in [9.17, 15) is 4.79 Å². The molecule has 1 aromatic heterocycles. The second kappa shape index (κ2) is 8.92. The fraction of sp³-hybridized carbons (Fsp3) is 0.526. The van der Waals surface area contributed by atoms with E-state index < -0.39 is 96.8 Å². The lowest BCUT2D eigenvalue weighted by Crippen LogP contribution is -2.36. The molecular weight excluding hydrogens is 362 g/mol. The van der Waals surface area contributed by atoms with Crippen molar-refractivity contribution in [1.29, 1.82) is 0 Å². The molecule has 1 aliphatic heterocycles. The van der Waals surface area contributed by atoms with Crippen LogP contribution in [0.25, 0.3) is 10.9 Å². The molecule has 1 aromatic carbocycles. The number of aromatic nitrogens is 2. The van der Waals surface area contributed by atoms with Crippen LogP contribution in [0.3, 0.4) is 0 Å². The van der Waals surface area contributed by atoms with Crippen LogP contribution in [-0.2, 0) is 9.53 Å². The second-order valence-electron chi connectivity index (χ2n) is 5.50. The van der Waals surface area contributed by atoms with Gasteiger partial charge in [-0.25, -0.2) is 4.98 Å². The second-order valence-corrected chi connectivity index (χ2v) is 5.50. The van der Waals surface area contributed by atoms with Gasteiger partial charge in [-0.3, -0.25) is 4.79 Å². The predicted octanol–water partition coefficient (Wildman–Crippen LogP) is 1.35. The highest BCUT2D eigenvalue weighted by molar-refractivity contribution is 5.91. The molecule has 0 saturated carbocycles. The summed E-state index contributed by atoms with van der Waals surface area (Å²) in [5.41, 5.74) is -0.810. The third-order valence-corrected chi connectivity index (χ3v) is 3.74. The summed E-state index contributed by atoms with van der Waals surface area (Å²) in [4.78, 5) is 19.8. The molecule has 1 amide bonds. The lowest BCUT2D eigenvalue weighted by atomic mass is 10.2. The van der Waals surface area contributed by atoms with Crippen LogP contribution in [0.5, 0.6) is 11.5 Å². The predicted molar refractivity (Wildman–Crippen MR) is 107 cm³/mol. The number of carbonyl (C=O) groups is 1. The number of fused-ring (bicyclic) bond motifs is 1. The summed E-state index contributed by atoms with van der Waals surface area (Å²) < 4.78 is 157. The summed E-state index contributed by atoms with van der Waals surface area (Å²) in [6, 6.07) is 1.47. The van der Waals surface area contributed by atoms with Gasteiger partial charge in [-0.05, 0) is 25.3 Å². The summed E-state index contributed by atoms with van der Waals surface area (Å²) in [5, 5.41) is -0.916. The average Bonchev–Trinajstić information content (AvgIpc) is 3.40. The summed E-state index contributed by atoms with van der Waals surface area (Å²) in [6.07, 6.45) is -4.96. The van der Waals surface area contributed by atoms with Crippen LogP contribution in [0.15, 0.2) is 12.1 Å². The van der Waals surface area contributed by atoms with Crippen molar-refractivity contribution in [2.75, 3.05) is 51.3 Å². The van der Waals surface area contributed by atoms with Crippen LogP contribution < -0.4 is 25.4 Å². The standard InChI is InChI=1S/C19H27N5O4/c1-24(8-5-7-21-18(25)14-6-4-9-28-14)19-22-13-11-16(27-3)15(26-2)10-12(13)17(20)23-19/h10-11,14H,4-9H2,1-3H3,(H,21,25)(H2,20,22,23)/i1D3,2D3,3D3,5D2,7D2,8D2/hD3. The zero-order valence-electron chi connectivity index (χ0n) is 32.2. The minimum absolute atomic E-state index is 0.0681. The highest BCUT2D eigenvalue weighted by Gasteiger charge is 2.22. The molecule has 0 spiro atoms. The van der Waals surface area contributed by atoms with E-state index in [0.29, 0.717) is 12.5 Å².